The van der Waals surface area contributed by atoms with Crippen LogP contribution in [0, 0.1) is 0 Å². The zero-order valence-electron chi connectivity index (χ0n) is 10.4. The Bertz CT molecular complexity index is 721. The van der Waals surface area contributed by atoms with Gasteiger partial charge in [-0.05, 0) is 36.8 Å². The number of aromatic nitrogens is 3. The fourth-order valence-corrected chi connectivity index (χ4v) is 2.44. The van der Waals surface area contributed by atoms with Crippen molar-refractivity contribution >= 4 is 28.6 Å². The molecule has 0 spiro atoms. The lowest BCUT2D eigenvalue weighted by Crippen LogP contribution is -2.10. The number of pyridine rings is 1. The largest absolute Gasteiger partial charge is 0.369 e. The molecule has 0 amide bonds. The van der Waals surface area contributed by atoms with Gasteiger partial charge < -0.3 is 10.3 Å². The van der Waals surface area contributed by atoms with Crippen molar-refractivity contribution in [2.75, 3.05) is 5.73 Å². The van der Waals surface area contributed by atoms with Crippen LogP contribution in [0.2, 0.25) is 5.02 Å². The average Bonchev–Trinajstić information content (AvgIpc) is 2.74. The standard InChI is InChI=1S/C14H13ClN4/c1-9(10-3-2-6-17-8-10)19-13-5-4-11(15)7-12(13)18-14(19)16/h2-9H,1H3,(H2,16,18). The van der Waals surface area contributed by atoms with E-state index in [0.717, 1.165) is 16.6 Å². The Morgan fingerprint density at radius 3 is 2.89 bits per heavy atom. The highest BCUT2D eigenvalue weighted by atomic mass is 35.5. The molecule has 2 N–H and O–H groups in total. The number of nitrogen functional groups attached to an aromatic ring is 1. The monoisotopic (exact) mass is 272 g/mol. The molecule has 0 aliphatic carbocycles. The summed E-state index contributed by atoms with van der Waals surface area (Å²) in [7, 11) is 0. The van der Waals surface area contributed by atoms with Gasteiger partial charge in [-0.1, -0.05) is 17.7 Å². The number of hydrogen-bond donors (Lipinski definition) is 1. The zero-order chi connectivity index (χ0) is 13.4. The normalized spacial score (nSPS) is 12.7. The molecule has 2 aromatic heterocycles. The first-order chi connectivity index (χ1) is 9.16. The van der Waals surface area contributed by atoms with Crippen molar-refractivity contribution in [3.63, 3.8) is 0 Å². The molecule has 2 heterocycles. The molecule has 0 radical (unpaired) electrons. The molecule has 1 aromatic carbocycles. The topological polar surface area (TPSA) is 56.7 Å². The van der Waals surface area contributed by atoms with E-state index in [-0.39, 0.29) is 6.04 Å². The molecule has 0 aliphatic heterocycles. The maximum Gasteiger partial charge on any atom is 0.201 e. The molecule has 0 bridgehead atoms. The van der Waals surface area contributed by atoms with Crippen LogP contribution >= 0.6 is 11.6 Å². The Hall–Kier alpha value is -2.07. The summed E-state index contributed by atoms with van der Waals surface area (Å²) in [5.74, 6) is 0.480. The maximum absolute atomic E-state index is 6.03. The van der Waals surface area contributed by atoms with Crippen LogP contribution in [-0.2, 0) is 0 Å². The highest BCUT2D eigenvalue weighted by molar-refractivity contribution is 6.31. The van der Waals surface area contributed by atoms with E-state index in [9.17, 15) is 0 Å². The van der Waals surface area contributed by atoms with Crippen molar-refractivity contribution in [3.05, 3.63) is 53.3 Å². The van der Waals surface area contributed by atoms with Gasteiger partial charge >= 0.3 is 0 Å². The fourth-order valence-electron chi connectivity index (χ4n) is 2.27. The molecular weight excluding hydrogens is 260 g/mol. The zero-order valence-corrected chi connectivity index (χ0v) is 11.2. The van der Waals surface area contributed by atoms with Gasteiger partial charge in [0.1, 0.15) is 0 Å². The van der Waals surface area contributed by atoms with Gasteiger partial charge in [0.2, 0.25) is 5.95 Å². The van der Waals surface area contributed by atoms with E-state index in [1.54, 1.807) is 6.20 Å². The van der Waals surface area contributed by atoms with Gasteiger partial charge in [0, 0.05) is 17.4 Å². The predicted octanol–water partition coefficient (Wildman–Crippen LogP) is 3.28. The van der Waals surface area contributed by atoms with E-state index in [0.29, 0.717) is 11.0 Å². The Kier molecular flexibility index (Phi) is 2.87. The minimum absolute atomic E-state index is 0.0693. The minimum atomic E-state index is 0.0693. The maximum atomic E-state index is 6.03. The smallest absolute Gasteiger partial charge is 0.201 e. The fraction of sp³-hybridized carbons (Fsp3) is 0.143. The van der Waals surface area contributed by atoms with Crippen molar-refractivity contribution in [3.8, 4) is 0 Å². The van der Waals surface area contributed by atoms with E-state index >= 15 is 0 Å². The van der Waals surface area contributed by atoms with Crippen molar-refractivity contribution < 1.29 is 0 Å². The molecule has 96 valence electrons. The van der Waals surface area contributed by atoms with Crippen LogP contribution in [0.25, 0.3) is 11.0 Å². The molecule has 5 heteroatoms. The van der Waals surface area contributed by atoms with Gasteiger partial charge in [0.05, 0.1) is 17.1 Å². The Labute approximate surface area is 115 Å². The van der Waals surface area contributed by atoms with Crippen LogP contribution in [0.15, 0.2) is 42.7 Å². The summed E-state index contributed by atoms with van der Waals surface area (Å²) in [4.78, 5) is 8.50. The van der Waals surface area contributed by atoms with Crippen LogP contribution in [0.3, 0.4) is 0 Å². The Balaban J connectivity index is 2.17. The molecule has 1 atom stereocenters. The number of imidazole rings is 1. The second kappa shape index (κ2) is 4.55. The van der Waals surface area contributed by atoms with E-state index in [4.69, 9.17) is 17.3 Å². The summed E-state index contributed by atoms with van der Waals surface area (Å²) >= 11 is 5.98. The van der Waals surface area contributed by atoms with E-state index < -0.39 is 0 Å². The van der Waals surface area contributed by atoms with Crippen LogP contribution in [0.4, 0.5) is 5.95 Å². The quantitative estimate of drug-likeness (QED) is 0.779. The first kappa shape index (κ1) is 12.0. The van der Waals surface area contributed by atoms with Crippen molar-refractivity contribution in [2.24, 2.45) is 0 Å². The number of nitrogens with zero attached hydrogens (tertiary/aromatic N) is 3. The first-order valence-electron chi connectivity index (χ1n) is 5.99. The third-order valence-electron chi connectivity index (χ3n) is 3.23. The van der Waals surface area contributed by atoms with E-state index in [2.05, 4.69) is 16.9 Å². The lowest BCUT2D eigenvalue weighted by atomic mass is 10.1. The molecular formula is C14H13ClN4. The molecule has 0 fully saturated rings. The van der Waals surface area contributed by atoms with Crippen molar-refractivity contribution in [1.82, 2.24) is 14.5 Å². The van der Waals surface area contributed by atoms with Gasteiger partial charge in [0.15, 0.2) is 0 Å². The average molecular weight is 273 g/mol. The number of hydrogen-bond acceptors (Lipinski definition) is 3. The molecule has 3 rings (SSSR count). The first-order valence-corrected chi connectivity index (χ1v) is 6.37. The summed E-state index contributed by atoms with van der Waals surface area (Å²) in [6.45, 7) is 2.07. The summed E-state index contributed by atoms with van der Waals surface area (Å²) in [5.41, 5.74) is 8.89. The second-order valence-electron chi connectivity index (χ2n) is 4.44. The number of anilines is 1. The van der Waals surface area contributed by atoms with Crippen LogP contribution in [-0.4, -0.2) is 14.5 Å². The van der Waals surface area contributed by atoms with Crippen molar-refractivity contribution in [2.45, 2.75) is 13.0 Å². The molecule has 1 unspecified atom stereocenters. The lowest BCUT2D eigenvalue weighted by Gasteiger charge is -2.16. The summed E-state index contributed by atoms with van der Waals surface area (Å²) in [6, 6.07) is 9.61. The number of benzene rings is 1. The summed E-state index contributed by atoms with van der Waals surface area (Å²) in [5, 5.41) is 0.659. The highest BCUT2D eigenvalue weighted by Crippen LogP contribution is 2.28. The summed E-state index contributed by atoms with van der Waals surface area (Å²) < 4.78 is 1.99. The Morgan fingerprint density at radius 2 is 2.16 bits per heavy atom. The van der Waals surface area contributed by atoms with Crippen molar-refractivity contribution in [1.29, 1.82) is 0 Å². The highest BCUT2D eigenvalue weighted by Gasteiger charge is 2.15. The molecule has 3 aromatic rings. The van der Waals surface area contributed by atoms with E-state index in [1.165, 1.54) is 0 Å². The third-order valence-corrected chi connectivity index (χ3v) is 3.47. The lowest BCUT2D eigenvalue weighted by molar-refractivity contribution is 0.665. The minimum Gasteiger partial charge on any atom is -0.369 e. The number of halogens is 1. The summed E-state index contributed by atoms with van der Waals surface area (Å²) in [6.07, 6.45) is 3.59. The van der Waals surface area contributed by atoms with Crippen LogP contribution < -0.4 is 5.73 Å². The third kappa shape index (κ3) is 2.04. The predicted molar refractivity (Wildman–Crippen MR) is 77.2 cm³/mol. The number of nitrogens with two attached hydrogens (primary N) is 1. The number of fused-ring (bicyclic) bond motifs is 1. The SMILES string of the molecule is CC(c1cccnc1)n1c(N)nc2cc(Cl)ccc21. The van der Waals surface area contributed by atoms with Gasteiger partial charge in [-0.15, -0.1) is 0 Å². The van der Waals surface area contributed by atoms with Gasteiger partial charge in [-0.25, -0.2) is 4.98 Å². The second-order valence-corrected chi connectivity index (χ2v) is 4.87. The molecule has 4 nitrogen and oxygen atoms in total. The molecule has 19 heavy (non-hydrogen) atoms. The van der Waals surface area contributed by atoms with Crippen LogP contribution in [0.1, 0.15) is 18.5 Å². The molecule has 0 aliphatic rings. The van der Waals surface area contributed by atoms with Gasteiger partial charge in [-0.3, -0.25) is 4.98 Å². The van der Waals surface area contributed by atoms with E-state index in [1.807, 2.05) is 41.1 Å². The Morgan fingerprint density at radius 1 is 1.32 bits per heavy atom. The molecule has 0 saturated heterocycles. The van der Waals surface area contributed by atoms with Crippen LogP contribution in [0.5, 0.6) is 0 Å². The van der Waals surface area contributed by atoms with Gasteiger partial charge in [0.25, 0.3) is 0 Å². The number of rotatable bonds is 2. The van der Waals surface area contributed by atoms with Gasteiger partial charge in [-0.2, -0.15) is 0 Å². The molecule has 0 saturated carbocycles.